The maximum absolute atomic E-state index is 3.79. The molecule has 1 rings (SSSR count). The molecule has 0 aliphatic carbocycles. The van der Waals surface area contributed by atoms with E-state index in [-0.39, 0.29) is 0 Å². The third kappa shape index (κ3) is 3.80. The van der Waals surface area contributed by atoms with E-state index < -0.39 is 0 Å². The van der Waals surface area contributed by atoms with E-state index in [1.807, 2.05) is 6.08 Å². The summed E-state index contributed by atoms with van der Waals surface area (Å²) >= 11 is 0. The zero-order valence-electron chi connectivity index (χ0n) is 10.3. The first-order valence-corrected chi connectivity index (χ1v) is 5.86. The number of benzene rings is 1. The fourth-order valence-corrected chi connectivity index (χ4v) is 1.82. The molecule has 0 bridgehead atoms. The number of likely N-dealkylation sites (N-methyl/N-ethyl adjacent to an activating group) is 2. The number of nitrogens with one attached hydrogen (secondary N) is 1. The highest BCUT2D eigenvalue weighted by atomic mass is 15.1. The van der Waals surface area contributed by atoms with Crippen molar-refractivity contribution in [2.24, 2.45) is 0 Å². The minimum Gasteiger partial charge on any atom is -0.315 e. The summed E-state index contributed by atoms with van der Waals surface area (Å²) in [6.07, 6.45) is 1.95. The van der Waals surface area contributed by atoms with Crippen LogP contribution in [0.25, 0.3) is 0 Å². The molecular formula is C14H22N2. The predicted molar refractivity (Wildman–Crippen MR) is 70.6 cm³/mol. The first-order chi connectivity index (χ1) is 7.79. The van der Waals surface area contributed by atoms with Crippen LogP contribution in [0.5, 0.6) is 0 Å². The Bertz CT molecular complexity index is 295. The summed E-state index contributed by atoms with van der Waals surface area (Å²) in [6.45, 7) is 8.82. The van der Waals surface area contributed by atoms with Crippen LogP contribution in [0.4, 0.5) is 0 Å². The maximum atomic E-state index is 3.79. The molecule has 0 spiro atoms. The molecule has 1 aromatic rings. The fourth-order valence-electron chi connectivity index (χ4n) is 1.82. The zero-order chi connectivity index (χ0) is 11.8. The van der Waals surface area contributed by atoms with Gasteiger partial charge in [0.2, 0.25) is 0 Å². The van der Waals surface area contributed by atoms with Crippen LogP contribution in [0.3, 0.4) is 0 Å². The smallest absolute Gasteiger partial charge is 0.0472 e. The third-order valence-corrected chi connectivity index (χ3v) is 2.72. The van der Waals surface area contributed by atoms with Gasteiger partial charge in [-0.15, -0.1) is 6.58 Å². The molecule has 0 saturated heterocycles. The molecule has 1 unspecified atom stereocenters. The highest BCUT2D eigenvalue weighted by Gasteiger charge is 2.14. The van der Waals surface area contributed by atoms with Crippen molar-refractivity contribution in [1.82, 2.24) is 10.2 Å². The average Bonchev–Trinajstić information content (AvgIpc) is 2.31. The van der Waals surface area contributed by atoms with Gasteiger partial charge in [-0.25, -0.2) is 0 Å². The van der Waals surface area contributed by atoms with Crippen LogP contribution in [-0.2, 0) is 0 Å². The van der Waals surface area contributed by atoms with Crippen molar-refractivity contribution >= 4 is 0 Å². The molecule has 0 heterocycles. The molecule has 88 valence electrons. The maximum Gasteiger partial charge on any atom is 0.0472 e. The van der Waals surface area contributed by atoms with Crippen molar-refractivity contribution in [3.05, 3.63) is 48.6 Å². The summed E-state index contributed by atoms with van der Waals surface area (Å²) in [6, 6.07) is 11.0. The van der Waals surface area contributed by atoms with Crippen LogP contribution in [0.2, 0.25) is 0 Å². The molecular weight excluding hydrogens is 196 g/mol. The van der Waals surface area contributed by atoms with Gasteiger partial charge in [0, 0.05) is 19.1 Å². The van der Waals surface area contributed by atoms with Gasteiger partial charge in [0.25, 0.3) is 0 Å². The highest BCUT2D eigenvalue weighted by molar-refractivity contribution is 5.19. The number of hydrogen-bond acceptors (Lipinski definition) is 2. The third-order valence-electron chi connectivity index (χ3n) is 2.72. The first-order valence-electron chi connectivity index (χ1n) is 5.86. The van der Waals surface area contributed by atoms with E-state index in [1.54, 1.807) is 0 Å². The van der Waals surface area contributed by atoms with E-state index >= 15 is 0 Å². The van der Waals surface area contributed by atoms with Crippen LogP contribution >= 0.6 is 0 Å². The Labute approximate surface area is 99.0 Å². The molecule has 2 nitrogen and oxygen atoms in total. The lowest BCUT2D eigenvalue weighted by Gasteiger charge is -2.27. The molecule has 0 aromatic heterocycles. The van der Waals surface area contributed by atoms with Gasteiger partial charge in [0.1, 0.15) is 0 Å². The van der Waals surface area contributed by atoms with Crippen molar-refractivity contribution in [3.63, 3.8) is 0 Å². The predicted octanol–water partition coefficient (Wildman–Crippen LogP) is 2.46. The lowest BCUT2D eigenvalue weighted by Crippen LogP contribution is -2.33. The van der Waals surface area contributed by atoms with Crippen molar-refractivity contribution < 1.29 is 0 Å². The van der Waals surface area contributed by atoms with Gasteiger partial charge in [0.15, 0.2) is 0 Å². The number of hydrogen-bond donors (Lipinski definition) is 1. The Morgan fingerprint density at radius 1 is 1.38 bits per heavy atom. The summed E-state index contributed by atoms with van der Waals surface area (Å²) in [4.78, 5) is 2.31. The van der Waals surface area contributed by atoms with Gasteiger partial charge >= 0.3 is 0 Å². The molecule has 0 amide bonds. The molecule has 0 fully saturated rings. The van der Waals surface area contributed by atoms with Crippen molar-refractivity contribution in [1.29, 1.82) is 0 Å². The molecule has 0 aliphatic rings. The standard InChI is InChI=1S/C14H22N2/c1-4-11-16(3)14(12-15-5-2)13-9-7-6-8-10-13/h4,6-10,14-15H,1,5,11-12H2,2-3H3. The Kier molecular flexibility index (Phi) is 5.83. The van der Waals surface area contributed by atoms with Crippen LogP contribution in [0.15, 0.2) is 43.0 Å². The lowest BCUT2D eigenvalue weighted by atomic mass is 10.1. The molecule has 16 heavy (non-hydrogen) atoms. The first kappa shape index (κ1) is 12.9. The monoisotopic (exact) mass is 218 g/mol. The Morgan fingerprint density at radius 2 is 2.06 bits per heavy atom. The summed E-state index contributed by atoms with van der Waals surface area (Å²) in [7, 11) is 2.14. The fraction of sp³-hybridized carbons (Fsp3) is 0.429. The minimum atomic E-state index is 0.416. The van der Waals surface area contributed by atoms with E-state index in [0.29, 0.717) is 6.04 Å². The van der Waals surface area contributed by atoms with Crippen LogP contribution in [-0.4, -0.2) is 31.6 Å². The molecule has 2 heteroatoms. The quantitative estimate of drug-likeness (QED) is 0.707. The van der Waals surface area contributed by atoms with Crippen LogP contribution < -0.4 is 5.32 Å². The van der Waals surface area contributed by atoms with Gasteiger partial charge in [-0.3, -0.25) is 4.90 Å². The topological polar surface area (TPSA) is 15.3 Å². The van der Waals surface area contributed by atoms with Crippen molar-refractivity contribution in [2.75, 3.05) is 26.7 Å². The number of rotatable bonds is 7. The highest BCUT2D eigenvalue weighted by Crippen LogP contribution is 2.17. The van der Waals surface area contributed by atoms with Crippen LogP contribution in [0, 0.1) is 0 Å². The van der Waals surface area contributed by atoms with Crippen molar-refractivity contribution in [2.45, 2.75) is 13.0 Å². The SMILES string of the molecule is C=CCN(C)C(CNCC)c1ccccc1. The summed E-state index contributed by atoms with van der Waals surface area (Å²) in [5, 5.41) is 3.41. The summed E-state index contributed by atoms with van der Waals surface area (Å²) in [5.41, 5.74) is 1.35. The van der Waals surface area contributed by atoms with Crippen LogP contribution in [0.1, 0.15) is 18.5 Å². The second-order valence-electron chi connectivity index (χ2n) is 3.96. The normalized spacial score (nSPS) is 12.7. The molecule has 0 aliphatic heterocycles. The van der Waals surface area contributed by atoms with Crippen molar-refractivity contribution in [3.8, 4) is 0 Å². The molecule has 1 aromatic carbocycles. The van der Waals surface area contributed by atoms with Gasteiger partial charge < -0.3 is 5.32 Å². The van der Waals surface area contributed by atoms with Gasteiger partial charge in [-0.1, -0.05) is 43.3 Å². The van der Waals surface area contributed by atoms with E-state index in [9.17, 15) is 0 Å². The zero-order valence-corrected chi connectivity index (χ0v) is 10.3. The average molecular weight is 218 g/mol. The van der Waals surface area contributed by atoms with E-state index in [2.05, 4.69) is 61.1 Å². The second-order valence-corrected chi connectivity index (χ2v) is 3.96. The summed E-state index contributed by atoms with van der Waals surface area (Å²) in [5.74, 6) is 0. The Morgan fingerprint density at radius 3 is 2.62 bits per heavy atom. The van der Waals surface area contributed by atoms with Gasteiger partial charge in [-0.05, 0) is 19.2 Å². The van der Waals surface area contributed by atoms with E-state index in [1.165, 1.54) is 5.56 Å². The van der Waals surface area contributed by atoms with Gasteiger partial charge in [-0.2, -0.15) is 0 Å². The number of nitrogens with zero attached hydrogens (tertiary/aromatic N) is 1. The molecule has 0 radical (unpaired) electrons. The summed E-state index contributed by atoms with van der Waals surface area (Å²) < 4.78 is 0. The van der Waals surface area contributed by atoms with Gasteiger partial charge in [0.05, 0.1) is 0 Å². The molecule has 1 N–H and O–H groups in total. The lowest BCUT2D eigenvalue weighted by molar-refractivity contribution is 0.263. The molecule has 0 saturated carbocycles. The minimum absolute atomic E-state index is 0.416. The Hall–Kier alpha value is -1.12. The second kappa shape index (κ2) is 7.20. The van der Waals surface area contributed by atoms with E-state index in [0.717, 1.165) is 19.6 Å². The largest absolute Gasteiger partial charge is 0.315 e. The van der Waals surface area contributed by atoms with E-state index in [4.69, 9.17) is 0 Å². The molecule has 1 atom stereocenters. The Balaban J connectivity index is 2.74.